The van der Waals surface area contributed by atoms with E-state index in [0.29, 0.717) is 40.0 Å². The summed E-state index contributed by atoms with van der Waals surface area (Å²) in [6, 6.07) is 10.3. The van der Waals surface area contributed by atoms with Crippen molar-refractivity contribution in [2.75, 3.05) is 34.2 Å². The van der Waals surface area contributed by atoms with E-state index in [1.165, 1.54) is 6.07 Å². The Balaban J connectivity index is 1.27. The number of aryl methyl sites for hydroxylation is 2. The first-order chi connectivity index (χ1) is 19.6. The van der Waals surface area contributed by atoms with Crippen LogP contribution in [0.15, 0.2) is 59.8 Å². The maximum absolute atomic E-state index is 14.1. The SMILES string of the molecule is Cc1cc(S(=O)(=O)N2c3ccccc3NC(=O)C2CC(=O)NCCC2CCN(c3ncccn3)CC2)c(C)cc1Cl. The summed E-state index contributed by atoms with van der Waals surface area (Å²) in [7, 11) is -4.22. The molecule has 0 spiro atoms. The number of sulfonamides is 1. The molecule has 2 aromatic carbocycles. The van der Waals surface area contributed by atoms with E-state index in [4.69, 9.17) is 11.6 Å². The van der Waals surface area contributed by atoms with Crippen LogP contribution < -0.4 is 19.8 Å². The third kappa shape index (κ3) is 6.15. The molecule has 2 amide bonds. The van der Waals surface area contributed by atoms with Crippen molar-refractivity contribution >= 4 is 50.8 Å². The zero-order valence-corrected chi connectivity index (χ0v) is 24.6. The fraction of sp³-hybridized carbons (Fsp3) is 0.379. The number of nitrogens with one attached hydrogen (secondary N) is 2. The normalized spacial score (nSPS) is 17.6. The minimum atomic E-state index is -4.22. The van der Waals surface area contributed by atoms with Gasteiger partial charge in [0.05, 0.1) is 22.7 Å². The molecule has 12 heteroatoms. The van der Waals surface area contributed by atoms with Crippen LogP contribution in [-0.2, 0) is 19.6 Å². The number of hydrogen-bond donors (Lipinski definition) is 2. The second-order valence-corrected chi connectivity index (χ2v) is 12.7. The Labute approximate surface area is 245 Å². The molecule has 0 saturated carbocycles. The quantitative estimate of drug-likeness (QED) is 0.401. The van der Waals surface area contributed by atoms with E-state index in [1.54, 1.807) is 62.6 Å². The van der Waals surface area contributed by atoms with Gasteiger partial charge in [0.15, 0.2) is 0 Å². The molecule has 216 valence electrons. The Kier molecular flexibility index (Phi) is 8.46. The number of amides is 2. The summed E-state index contributed by atoms with van der Waals surface area (Å²) >= 11 is 6.23. The van der Waals surface area contributed by atoms with Gasteiger partial charge in [-0.2, -0.15) is 0 Å². The van der Waals surface area contributed by atoms with Crippen molar-refractivity contribution in [3.63, 3.8) is 0 Å². The number of benzene rings is 2. The van der Waals surface area contributed by atoms with Crippen LogP contribution in [0.4, 0.5) is 17.3 Å². The van der Waals surface area contributed by atoms with Gasteiger partial charge in [0, 0.05) is 37.1 Å². The van der Waals surface area contributed by atoms with Gasteiger partial charge in [-0.1, -0.05) is 23.7 Å². The predicted molar refractivity (Wildman–Crippen MR) is 159 cm³/mol. The average molecular weight is 597 g/mol. The standard InChI is InChI=1S/C29H33ClN6O4S/c1-19-17-26(20(2)16-22(19)30)41(39,40)36-24-7-4-3-6-23(24)34-28(38)25(36)18-27(37)31-13-8-21-9-14-35(15-10-21)29-32-11-5-12-33-29/h3-7,11-12,16-17,21,25H,8-10,13-15,18H2,1-2H3,(H,31,37)(H,34,38). The van der Waals surface area contributed by atoms with Crippen molar-refractivity contribution in [2.24, 2.45) is 5.92 Å². The minimum absolute atomic E-state index is 0.0431. The number of carbonyl (C=O) groups excluding carboxylic acids is 2. The number of fused-ring (bicyclic) bond motifs is 1. The lowest BCUT2D eigenvalue weighted by molar-refractivity contribution is -0.125. The van der Waals surface area contributed by atoms with E-state index < -0.39 is 22.0 Å². The second kappa shape index (κ2) is 12.0. The summed E-state index contributed by atoms with van der Waals surface area (Å²) < 4.78 is 29.2. The summed E-state index contributed by atoms with van der Waals surface area (Å²) in [5.74, 6) is 0.230. The number of rotatable bonds is 8. The van der Waals surface area contributed by atoms with Crippen LogP contribution in [0, 0.1) is 19.8 Å². The number of nitrogens with zero attached hydrogens (tertiary/aromatic N) is 4. The highest BCUT2D eigenvalue weighted by molar-refractivity contribution is 7.93. The molecule has 0 radical (unpaired) electrons. The van der Waals surface area contributed by atoms with Crippen LogP contribution in [-0.4, -0.2) is 55.9 Å². The van der Waals surface area contributed by atoms with Crippen molar-refractivity contribution in [3.05, 3.63) is 71.0 Å². The lowest BCUT2D eigenvalue weighted by atomic mass is 9.93. The van der Waals surface area contributed by atoms with Crippen LogP contribution in [0.5, 0.6) is 0 Å². The zero-order valence-electron chi connectivity index (χ0n) is 23.0. The van der Waals surface area contributed by atoms with Gasteiger partial charge in [0.1, 0.15) is 6.04 Å². The minimum Gasteiger partial charge on any atom is -0.356 e. The fourth-order valence-electron chi connectivity index (χ4n) is 5.41. The molecule has 0 bridgehead atoms. The van der Waals surface area contributed by atoms with Crippen LogP contribution in [0.2, 0.25) is 5.02 Å². The van der Waals surface area contributed by atoms with Crippen molar-refractivity contribution in [1.29, 1.82) is 0 Å². The third-order valence-corrected chi connectivity index (χ3v) is 10.1. The lowest BCUT2D eigenvalue weighted by Gasteiger charge is -2.37. The molecule has 1 aromatic heterocycles. The number of anilines is 3. The average Bonchev–Trinajstić information content (AvgIpc) is 2.96. The van der Waals surface area contributed by atoms with Gasteiger partial charge in [-0.3, -0.25) is 13.9 Å². The van der Waals surface area contributed by atoms with Crippen molar-refractivity contribution in [2.45, 2.75) is 50.5 Å². The van der Waals surface area contributed by atoms with Crippen molar-refractivity contribution in [3.8, 4) is 0 Å². The van der Waals surface area contributed by atoms with E-state index in [0.717, 1.165) is 42.6 Å². The third-order valence-electron chi connectivity index (χ3n) is 7.68. The molecule has 2 aliphatic rings. The summed E-state index contributed by atoms with van der Waals surface area (Å²) in [5, 5.41) is 6.13. The molecular weight excluding hydrogens is 564 g/mol. The molecule has 1 atom stereocenters. The van der Waals surface area contributed by atoms with Crippen molar-refractivity contribution in [1.82, 2.24) is 15.3 Å². The van der Waals surface area contributed by atoms with E-state index in [9.17, 15) is 18.0 Å². The summed E-state index contributed by atoms with van der Waals surface area (Å²) in [5.41, 5.74) is 1.73. The molecule has 1 saturated heterocycles. The van der Waals surface area contributed by atoms with E-state index in [1.807, 2.05) is 0 Å². The van der Waals surface area contributed by atoms with Gasteiger partial charge in [0.2, 0.25) is 17.8 Å². The number of para-hydroxylation sites is 2. The monoisotopic (exact) mass is 596 g/mol. The summed E-state index contributed by atoms with van der Waals surface area (Å²) in [6.07, 6.45) is 5.87. The Hall–Kier alpha value is -3.70. The van der Waals surface area contributed by atoms with Crippen molar-refractivity contribution < 1.29 is 18.0 Å². The van der Waals surface area contributed by atoms with Gasteiger partial charge in [-0.05, 0) is 80.5 Å². The van der Waals surface area contributed by atoms with Gasteiger partial charge in [0.25, 0.3) is 10.0 Å². The maximum Gasteiger partial charge on any atom is 0.265 e. The molecule has 2 aliphatic heterocycles. The Morgan fingerprint density at radius 2 is 1.78 bits per heavy atom. The fourth-order valence-corrected chi connectivity index (χ4v) is 7.56. The first kappa shape index (κ1) is 28.8. The molecule has 0 aliphatic carbocycles. The van der Waals surface area contributed by atoms with Gasteiger partial charge >= 0.3 is 0 Å². The first-order valence-electron chi connectivity index (χ1n) is 13.6. The highest BCUT2D eigenvalue weighted by Crippen LogP contribution is 2.38. The van der Waals surface area contributed by atoms with E-state index >= 15 is 0 Å². The van der Waals surface area contributed by atoms with Crippen LogP contribution in [0.25, 0.3) is 0 Å². The van der Waals surface area contributed by atoms with Gasteiger partial charge in [-0.25, -0.2) is 18.4 Å². The molecule has 5 rings (SSSR count). The Morgan fingerprint density at radius 3 is 2.51 bits per heavy atom. The van der Waals surface area contributed by atoms with E-state index in [2.05, 4.69) is 25.5 Å². The lowest BCUT2D eigenvalue weighted by Crippen LogP contribution is -2.53. The van der Waals surface area contributed by atoms with Gasteiger partial charge in [-0.15, -0.1) is 0 Å². The second-order valence-electron chi connectivity index (χ2n) is 10.5. The number of hydrogen-bond acceptors (Lipinski definition) is 7. The van der Waals surface area contributed by atoms with Crippen LogP contribution >= 0.6 is 11.6 Å². The first-order valence-corrected chi connectivity index (χ1v) is 15.5. The predicted octanol–water partition coefficient (Wildman–Crippen LogP) is 4.08. The molecule has 10 nitrogen and oxygen atoms in total. The number of halogens is 1. The highest BCUT2D eigenvalue weighted by atomic mass is 35.5. The molecule has 1 fully saturated rings. The number of aromatic nitrogens is 2. The molecule has 2 N–H and O–H groups in total. The van der Waals surface area contributed by atoms with E-state index in [-0.39, 0.29) is 17.2 Å². The number of carbonyl (C=O) groups is 2. The molecule has 3 heterocycles. The molecular formula is C29H33ClN6O4S. The number of piperidine rings is 1. The molecule has 41 heavy (non-hydrogen) atoms. The van der Waals surface area contributed by atoms with Crippen LogP contribution in [0.3, 0.4) is 0 Å². The zero-order chi connectivity index (χ0) is 29.1. The summed E-state index contributed by atoms with van der Waals surface area (Å²) in [4.78, 5) is 37.1. The maximum atomic E-state index is 14.1. The largest absolute Gasteiger partial charge is 0.356 e. The summed E-state index contributed by atoms with van der Waals surface area (Å²) in [6.45, 7) is 5.52. The Bertz CT molecular complexity index is 1540. The Morgan fingerprint density at radius 1 is 1.07 bits per heavy atom. The smallest absolute Gasteiger partial charge is 0.265 e. The van der Waals surface area contributed by atoms with Crippen LogP contribution in [0.1, 0.15) is 36.8 Å². The highest BCUT2D eigenvalue weighted by Gasteiger charge is 2.42. The van der Waals surface area contributed by atoms with Gasteiger partial charge < -0.3 is 15.5 Å². The molecule has 3 aromatic rings. The topological polar surface area (TPSA) is 125 Å². The molecule has 1 unspecified atom stereocenters.